The van der Waals surface area contributed by atoms with E-state index in [1.54, 1.807) is 0 Å². The fourth-order valence-corrected chi connectivity index (χ4v) is 0. The summed E-state index contributed by atoms with van der Waals surface area (Å²) in [5.41, 5.74) is 0. The third-order valence-corrected chi connectivity index (χ3v) is 0. The van der Waals surface area contributed by atoms with Crippen molar-refractivity contribution in [2.75, 3.05) is 0 Å². The summed E-state index contributed by atoms with van der Waals surface area (Å²) in [5.74, 6) is 0. The third-order valence-electron chi connectivity index (χ3n) is 0. The van der Waals surface area contributed by atoms with Crippen LogP contribution in [0.15, 0.2) is 0 Å². The summed E-state index contributed by atoms with van der Waals surface area (Å²) in [6, 6.07) is 0. The Morgan fingerprint density at radius 2 is 0.500 bits per heavy atom. The van der Waals surface area contributed by atoms with Gasteiger partial charge in [0.25, 0.3) is 0 Å². The third kappa shape index (κ3) is 11.6. The maximum absolute atomic E-state index is 0. The molecule has 0 aromatic heterocycles. The molecule has 0 fully saturated rings. The molecule has 0 aromatic carbocycles. The van der Waals surface area contributed by atoms with Gasteiger partial charge in [0.15, 0.2) is 0 Å². The molecule has 0 saturated heterocycles. The first-order valence-electron chi connectivity index (χ1n) is 0. The molecule has 4 heavy (non-hydrogen) atoms. The van der Waals surface area contributed by atoms with Gasteiger partial charge in [0.2, 0.25) is 0 Å². The second-order valence-electron chi connectivity index (χ2n) is 0. The largest absolute Gasteiger partial charge is 1.00 e. The van der Waals surface area contributed by atoms with E-state index in [2.05, 4.69) is 0 Å². The molecule has 0 unspecified atom stereocenters. The van der Waals surface area contributed by atoms with Gasteiger partial charge in [-0.05, 0) is 0 Å². The first-order valence-corrected chi connectivity index (χ1v) is 0. The molecular weight excluding hydrogens is 51.9 g/mol. The van der Waals surface area contributed by atoms with Crippen LogP contribution < -0.4 is 47.1 Å². The summed E-state index contributed by atoms with van der Waals surface area (Å²) in [6.07, 6.45) is 0. The van der Waals surface area contributed by atoms with Crippen molar-refractivity contribution < 1.29 is 47.1 Å². The second kappa shape index (κ2) is 34.0. The van der Waals surface area contributed by atoms with Crippen LogP contribution in [-0.2, 0) is 0 Å². The van der Waals surface area contributed by atoms with Gasteiger partial charge in [-0.2, -0.15) is 0 Å². The van der Waals surface area contributed by atoms with Crippen LogP contribution in [0.25, 0.3) is 0 Å². The summed E-state index contributed by atoms with van der Waals surface area (Å²) in [4.78, 5) is 0. The van der Waals surface area contributed by atoms with Crippen LogP contribution in [0.2, 0.25) is 0 Å². The van der Waals surface area contributed by atoms with Crippen molar-refractivity contribution >= 4 is 0 Å². The molecule has 4 heteroatoms. The zero-order valence-corrected chi connectivity index (χ0v) is 2.76. The van der Waals surface area contributed by atoms with Crippen molar-refractivity contribution in [2.24, 2.45) is 0 Å². The molecule has 0 heterocycles. The first-order chi connectivity index (χ1) is 0. The first kappa shape index (κ1) is 74.7. The van der Waals surface area contributed by atoms with E-state index in [9.17, 15) is 0 Å². The Kier molecular flexibility index (Phi) is 635. The number of halogens is 2. The Morgan fingerprint density at radius 1 is 0.500 bits per heavy atom. The number of rotatable bonds is 0. The molecule has 0 aromatic rings. The summed E-state index contributed by atoms with van der Waals surface area (Å²) in [5, 5.41) is 0. The molecule has 0 bridgehead atoms. The maximum atomic E-state index is 0. The van der Waals surface area contributed by atoms with Crippen molar-refractivity contribution in [3.63, 3.8) is 0 Å². The zero-order valence-electron chi connectivity index (χ0n) is 2.76. The standard InChI is InChI=1S/2FH.2Li/h2*1H;;/q;;2*+1/p-2. The predicted octanol–water partition coefficient (Wildman–Crippen LogP) is -12.0. The molecule has 0 aliphatic heterocycles. The van der Waals surface area contributed by atoms with Gasteiger partial charge in [-0.15, -0.1) is 0 Å². The van der Waals surface area contributed by atoms with Gasteiger partial charge in [0.1, 0.15) is 0 Å². The molecule has 0 spiro atoms. The summed E-state index contributed by atoms with van der Waals surface area (Å²) in [6.45, 7) is 0. The van der Waals surface area contributed by atoms with E-state index in [1.165, 1.54) is 0 Å². The van der Waals surface area contributed by atoms with E-state index >= 15 is 0 Å². The molecule has 0 N–H and O–H groups in total. The molecule has 0 aliphatic rings. The minimum absolute atomic E-state index is 0. The molecule has 0 nitrogen and oxygen atoms in total. The topological polar surface area (TPSA) is 0 Å². The average Bonchev–Trinajstić information content (AvgIpc) is 0. The minimum Gasteiger partial charge on any atom is -1.00 e. The molecule has 0 aliphatic carbocycles. The van der Waals surface area contributed by atoms with E-state index in [-0.39, 0.29) is 47.1 Å². The van der Waals surface area contributed by atoms with Crippen molar-refractivity contribution in [3.05, 3.63) is 0 Å². The average molecular weight is 51.9 g/mol. The Labute approximate surface area is 47.4 Å². The second-order valence-corrected chi connectivity index (χ2v) is 0. The Balaban J connectivity index is 0. The van der Waals surface area contributed by atoms with Gasteiger partial charge >= 0.3 is 37.7 Å². The SMILES string of the molecule is [F-].[F-].[Li+].[Li+]. The molecular formula is F2Li2. The van der Waals surface area contributed by atoms with E-state index < -0.39 is 0 Å². The van der Waals surface area contributed by atoms with Crippen LogP contribution in [0.3, 0.4) is 0 Å². The van der Waals surface area contributed by atoms with Gasteiger partial charge < -0.3 is 9.41 Å². The quantitative estimate of drug-likeness (QED) is 0.240. The van der Waals surface area contributed by atoms with Crippen LogP contribution in [0.4, 0.5) is 0 Å². The summed E-state index contributed by atoms with van der Waals surface area (Å²) < 4.78 is 0. The van der Waals surface area contributed by atoms with Crippen LogP contribution in [-0.4, -0.2) is 0 Å². The molecule has 0 radical (unpaired) electrons. The number of hydrogen-bond donors (Lipinski definition) is 0. The van der Waals surface area contributed by atoms with E-state index in [1.807, 2.05) is 0 Å². The van der Waals surface area contributed by atoms with Crippen LogP contribution in [0.5, 0.6) is 0 Å². The fourth-order valence-electron chi connectivity index (χ4n) is 0. The predicted molar refractivity (Wildman–Crippen MR) is 0 cm³/mol. The minimum atomic E-state index is 0. The van der Waals surface area contributed by atoms with Gasteiger partial charge in [-0.3, -0.25) is 0 Å². The molecule has 0 saturated carbocycles. The van der Waals surface area contributed by atoms with Crippen LogP contribution >= 0.6 is 0 Å². The van der Waals surface area contributed by atoms with Gasteiger partial charge in [-0.1, -0.05) is 0 Å². The van der Waals surface area contributed by atoms with Crippen molar-refractivity contribution in [1.82, 2.24) is 0 Å². The molecule has 0 rings (SSSR count). The van der Waals surface area contributed by atoms with Crippen LogP contribution in [0, 0.1) is 0 Å². The maximum Gasteiger partial charge on any atom is 1.00 e. The van der Waals surface area contributed by atoms with Gasteiger partial charge in [-0.25, -0.2) is 0 Å². The smallest absolute Gasteiger partial charge is 1.00 e. The summed E-state index contributed by atoms with van der Waals surface area (Å²) >= 11 is 0. The molecule has 0 atom stereocenters. The van der Waals surface area contributed by atoms with Crippen molar-refractivity contribution in [1.29, 1.82) is 0 Å². The van der Waals surface area contributed by atoms with E-state index in [0.29, 0.717) is 0 Å². The molecule has 16 valence electrons. The van der Waals surface area contributed by atoms with E-state index in [4.69, 9.17) is 0 Å². The Morgan fingerprint density at radius 3 is 0.500 bits per heavy atom. The van der Waals surface area contributed by atoms with Crippen LogP contribution in [0.1, 0.15) is 0 Å². The van der Waals surface area contributed by atoms with Crippen molar-refractivity contribution in [2.45, 2.75) is 0 Å². The van der Waals surface area contributed by atoms with Gasteiger partial charge in [0, 0.05) is 0 Å². The van der Waals surface area contributed by atoms with Crippen molar-refractivity contribution in [3.8, 4) is 0 Å². The Bertz CT molecular complexity index is 4.00. The molecule has 0 amide bonds. The van der Waals surface area contributed by atoms with E-state index in [0.717, 1.165) is 0 Å². The number of hydrogen-bond acceptors (Lipinski definition) is 0. The zero-order chi connectivity index (χ0) is 0. The Hall–Kier alpha value is 1.05. The summed E-state index contributed by atoms with van der Waals surface area (Å²) in [7, 11) is 0. The van der Waals surface area contributed by atoms with Gasteiger partial charge in [0.05, 0.1) is 0 Å². The fraction of sp³-hybridized carbons (Fsp3) is 0. The normalized spacial score (nSPS) is 0. The monoisotopic (exact) mass is 52.0 g/mol.